The Kier molecular flexibility index (Phi) is 8.86. The highest BCUT2D eigenvalue weighted by Crippen LogP contribution is 2.47. The van der Waals surface area contributed by atoms with Crippen LogP contribution >= 0.6 is 11.8 Å². The Hall–Kier alpha value is -2.13. The summed E-state index contributed by atoms with van der Waals surface area (Å²) in [6.07, 6.45) is 3.74. The number of hydrogen-bond acceptors (Lipinski definition) is 8. The molecule has 0 amide bonds. The minimum Gasteiger partial charge on any atom is -0.460 e. The zero-order valence-corrected chi connectivity index (χ0v) is 22.5. The lowest BCUT2D eigenvalue weighted by atomic mass is 9.90. The third kappa shape index (κ3) is 6.55. The van der Waals surface area contributed by atoms with Crippen LogP contribution in [-0.2, 0) is 9.53 Å². The van der Waals surface area contributed by atoms with Crippen LogP contribution in [0, 0.1) is 5.92 Å². The molecule has 0 bridgehead atoms. The maximum atomic E-state index is 12.8. The number of rotatable bonds is 7. The number of aliphatic hydroxyl groups excluding tert-OH is 1. The third-order valence-electron chi connectivity index (χ3n) is 6.21. The molecule has 0 saturated carbocycles. The Labute approximate surface area is 213 Å². The van der Waals surface area contributed by atoms with Crippen molar-refractivity contribution in [3.63, 3.8) is 0 Å². The molecular formula is C27H40N4O3S. The number of carbonyl (C=O) groups excluding carboxylic acids is 1. The van der Waals surface area contributed by atoms with Gasteiger partial charge in [-0.15, -0.1) is 11.8 Å². The van der Waals surface area contributed by atoms with E-state index in [4.69, 9.17) is 26.3 Å². The Morgan fingerprint density at radius 2 is 1.94 bits per heavy atom. The van der Waals surface area contributed by atoms with Crippen LogP contribution in [0.4, 0.5) is 0 Å². The molecule has 2 aliphatic heterocycles. The van der Waals surface area contributed by atoms with Gasteiger partial charge < -0.3 is 26.2 Å². The molecule has 0 radical (unpaired) electrons. The molecule has 2 aliphatic rings. The summed E-state index contributed by atoms with van der Waals surface area (Å²) in [5, 5.41) is 10.4. The van der Waals surface area contributed by atoms with Crippen molar-refractivity contribution in [1.82, 2.24) is 4.90 Å². The maximum absolute atomic E-state index is 12.8. The summed E-state index contributed by atoms with van der Waals surface area (Å²) in [6, 6.07) is 7.68. The van der Waals surface area contributed by atoms with E-state index in [1.165, 1.54) is 0 Å². The normalized spacial score (nSPS) is 26.0. The molecule has 1 aromatic rings. The second-order valence-corrected chi connectivity index (χ2v) is 11.7. The summed E-state index contributed by atoms with van der Waals surface area (Å²) in [4.78, 5) is 20.0. The number of nitrogens with two attached hydrogens (primary N) is 2. The topological polar surface area (TPSA) is 114 Å². The number of hydrogen-bond donors (Lipinski definition) is 3. The first-order chi connectivity index (χ1) is 16.4. The standard InChI is InChI=1S/C27H40N4O3S/c1-16-17(2)35-26-23(16)24(20-12-10-19(11-13-20)9-7-8-14-32)30-21(25(29)31(26)18(3)28)15-22(33)34-27(4,5)6/h7,9-13,16-18,21,25,32H,8,14-15,28-29H2,1-6H3/b9-7+/t16?,17?,18?,21-,25?/m0/s1. The van der Waals surface area contributed by atoms with Crippen molar-refractivity contribution in [3.8, 4) is 0 Å². The number of benzene rings is 1. The number of aliphatic imine (C=N–C) groups is 1. The molecule has 7 nitrogen and oxygen atoms in total. The number of carbonyl (C=O) groups is 1. The molecule has 2 heterocycles. The van der Waals surface area contributed by atoms with Crippen LogP contribution in [-0.4, -0.2) is 57.5 Å². The molecule has 0 fully saturated rings. The lowest BCUT2D eigenvalue weighted by Gasteiger charge is -2.37. The average Bonchev–Trinajstić information content (AvgIpc) is 2.97. The molecule has 1 aromatic carbocycles. The number of aliphatic hydroxyl groups is 1. The monoisotopic (exact) mass is 500 g/mol. The van der Waals surface area contributed by atoms with Crippen molar-refractivity contribution >= 4 is 29.5 Å². The lowest BCUT2D eigenvalue weighted by molar-refractivity contribution is -0.155. The Bertz CT molecular complexity index is 995. The van der Waals surface area contributed by atoms with E-state index in [1.807, 2.05) is 56.9 Å². The van der Waals surface area contributed by atoms with Crippen LogP contribution in [0.15, 0.2) is 45.9 Å². The number of ether oxygens (including phenoxy) is 1. The van der Waals surface area contributed by atoms with Gasteiger partial charge >= 0.3 is 5.97 Å². The van der Waals surface area contributed by atoms with E-state index in [9.17, 15) is 4.79 Å². The van der Waals surface area contributed by atoms with Crippen molar-refractivity contribution in [2.24, 2.45) is 22.4 Å². The number of allylic oxidation sites excluding steroid dienone is 1. The lowest BCUT2D eigenvalue weighted by Crippen LogP contribution is -2.54. The molecule has 35 heavy (non-hydrogen) atoms. The summed E-state index contributed by atoms with van der Waals surface area (Å²) in [5.41, 5.74) is 16.6. The zero-order valence-electron chi connectivity index (χ0n) is 21.7. The van der Waals surface area contributed by atoms with Crippen LogP contribution in [0.3, 0.4) is 0 Å². The first-order valence-electron chi connectivity index (χ1n) is 12.3. The van der Waals surface area contributed by atoms with Gasteiger partial charge in [0.1, 0.15) is 11.8 Å². The summed E-state index contributed by atoms with van der Waals surface area (Å²) >= 11 is 1.77. The van der Waals surface area contributed by atoms with Gasteiger partial charge in [-0.1, -0.05) is 50.3 Å². The van der Waals surface area contributed by atoms with Gasteiger partial charge in [0.05, 0.1) is 29.4 Å². The van der Waals surface area contributed by atoms with Gasteiger partial charge in [-0.25, -0.2) is 0 Å². The predicted octanol–water partition coefficient (Wildman–Crippen LogP) is 3.86. The number of esters is 1. The third-order valence-corrected chi connectivity index (χ3v) is 7.65. The van der Waals surface area contributed by atoms with Gasteiger partial charge in [0.15, 0.2) is 0 Å². The summed E-state index contributed by atoms with van der Waals surface area (Å²) in [5.74, 6) is -0.0854. The second-order valence-electron chi connectivity index (χ2n) is 10.3. The van der Waals surface area contributed by atoms with Crippen LogP contribution in [0.2, 0.25) is 0 Å². The van der Waals surface area contributed by atoms with E-state index in [0.717, 1.165) is 27.4 Å². The van der Waals surface area contributed by atoms with Crippen molar-refractivity contribution < 1.29 is 14.6 Å². The minimum absolute atomic E-state index is 0.0717. The molecule has 5 N–H and O–H groups in total. The Morgan fingerprint density at radius 1 is 1.29 bits per heavy atom. The SMILES string of the molecule is CC1SC2=C(C(c3ccc(/C=C/CCO)cc3)=N[C@@H](CC(=O)OC(C)(C)C)C(N)N2C(C)N)C1C. The number of nitrogens with zero attached hydrogens (tertiary/aromatic N) is 2. The minimum atomic E-state index is -0.585. The Morgan fingerprint density at radius 3 is 2.51 bits per heavy atom. The zero-order chi connectivity index (χ0) is 25.9. The van der Waals surface area contributed by atoms with Gasteiger partial charge in [0.2, 0.25) is 0 Å². The van der Waals surface area contributed by atoms with Crippen LogP contribution in [0.25, 0.3) is 6.08 Å². The van der Waals surface area contributed by atoms with Gasteiger partial charge in [-0.05, 0) is 45.6 Å². The van der Waals surface area contributed by atoms with E-state index < -0.39 is 17.8 Å². The summed E-state index contributed by atoms with van der Waals surface area (Å²) < 4.78 is 5.60. The van der Waals surface area contributed by atoms with E-state index in [0.29, 0.717) is 11.7 Å². The van der Waals surface area contributed by atoms with Crippen molar-refractivity contribution in [3.05, 3.63) is 52.1 Å². The fourth-order valence-electron chi connectivity index (χ4n) is 4.37. The number of thioether (sulfide) groups is 1. The van der Waals surface area contributed by atoms with Crippen LogP contribution < -0.4 is 11.5 Å². The Balaban J connectivity index is 2.07. The average molecular weight is 501 g/mol. The highest BCUT2D eigenvalue weighted by atomic mass is 32.2. The molecule has 5 atom stereocenters. The van der Waals surface area contributed by atoms with Crippen molar-refractivity contribution in [2.45, 2.75) is 83.6 Å². The second kappa shape index (κ2) is 11.3. The molecule has 0 spiro atoms. The molecule has 3 rings (SSSR count). The fourth-order valence-corrected chi connectivity index (χ4v) is 5.88. The molecule has 0 saturated heterocycles. The predicted molar refractivity (Wildman–Crippen MR) is 145 cm³/mol. The fraction of sp³-hybridized carbons (Fsp3) is 0.556. The molecular weight excluding hydrogens is 460 g/mol. The van der Waals surface area contributed by atoms with E-state index in [1.54, 1.807) is 11.8 Å². The molecule has 8 heteroatoms. The van der Waals surface area contributed by atoms with Gasteiger partial charge in [-0.3, -0.25) is 9.79 Å². The van der Waals surface area contributed by atoms with Gasteiger partial charge in [0.25, 0.3) is 0 Å². The van der Waals surface area contributed by atoms with Crippen molar-refractivity contribution in [2.75, 3.05) is 6.61 Å². The van der Waals surface area contributed by atoms with E-state index >= 15 is 0 Å². The summed E-state index contributed by atoms with van der Waals surface area (Å²) in [7, 11) is 0. The molecule has 4 unspecified atom stereocenters. The molecule has 0 aliphatic carbocycles. The van der Waals surface area contributed by atoms with Gasteiger partial charge in [-0.2, -0.15) is 0 Å². The molecule has 192 valence electrons. The van der Waals surface area contributed by atoms with Gasteiger partial charge in [0, 0.05) is 23.0 Å². The summed E-state index contributed by atoms with van der Waals surface area (Å²) in [6.45, 7) is 12.0. The maximum Gasteiger partial charge on any atom is 0.308 e. The molecule has 0 aromatic heterocycles. The highest BCUT2D eigenvalue weighted by molar-refractivity contribution is 8.03. The quantitative estimate of drug-likeness (QED) is 0.487. The van der Waals surface area contributed by atoms with E-state index in [2.05, 4.69) is 26.0 Å². The van der Waals surface area contributed by atoms with Crippen LogP contribution in [0.1, 0.15) is 65.5 Å². The largest absolute Gasteiger partial charge is 0.460 e. The highest BCUT2D eigenvalue weighted by Gasteiger charge is 2.42. The first-order valence-corrected chi connectivity index (χ1v) is 13.2. The van der Waals surface area contributed by atoms with E-state index in [-0.39, 0.29) is 31.1 Å². The first kappa shape index (κ1) is 27.5. The van der Waals surface area contributed by atoms with Crippen LogP contribution in [0.5, 0.6) is 0 Å². The smallest absolute Gasteiger partial charge is 0.308 e. The van der Waals surface area contributed by atoms with Crippen molar-refractivity contribution in [1.29, 1.82) is 0 Å².